The van der Waals surface area contributed by atoms with E-state index in [1.165, 1.54) is 24.0 Å². The zero-order valence-electron chi connectivity index (χ0n) is 14.2. The topological polar surface area (TPSA) is 0 Å². The Morgan fingerprint density at radius 1 is 0.591 bits per heavy atom. The van der Waals surface area contributed by atoms with Crippen LogP contribution < -0.4 is 0 Å². The third-order valence-corrected chi connectivity index (χ3v) is 7.75. The number of hydrogen-bond acceptors (Lipinski definition) is 0. The Kier molecular flexibility index (Phi) is 2.58. The van der Waals surface area contributed by atoms with Crippen molar-refractivity contribution in [2.24, 2.45) is 16.2 Å². The molecule has 22 heavy (non-hydrogen) atoms. The molecule has 0 unspecified atom stereocenters. The van der Waals surface area contributed by atoms with Crippen molar-refractivity contribution in [3.63, 3.8) is 0 Å². The van der Waals surface area contributed by atoms with Gasteiger partial charge in [0, 0.05) is 5.41 Å². The summed E-state index contributed by atoms with van der Waals surface area (Å²) in [5.74, 6) is 0. The smallest absolute Gasteiger partial charge is 0.0214 e. The first kappa shape index (κ1) is 14.1. The second-order valence-electron chi connectivity index (χ2n) is 8.50. The van der Waals surface area contributed by atoms with E-state index < -0.39 is 0 Å². The third-order valence-electron chi connectivity index (χ3n) is 7.75. The molecule has 0 nitrogen and oxygen atoms in total. The lowest BCUT2D eigenvalue weighted by molar-refractivity contribution is 0.0977. The molecule has 1 spiro atoms. The molecule has 2 aliphatic rings. The van der Waals surface area contributed by atoms with E-state index in [1.54, 1.807) is 0 Å². The van der Waals surface area contributed by atoms with E-state index in [1.807, 2.05) is 0 Å². The Morgan fingerprint density at radius 2 is 0.955 bits per heavy atom. The van der Waals surface area contributed by atoms with Gasteiger partial charge in [-0.3, -0.25) is 0 Å². The molecule has 0 N–H and O–H groups in total. The van der Waals surface area contributed by atoms with E-state index in [9.17, 15) is 0 Å². The summed E-state index contributed by atoms with van der Waals surface area (Å²) >= 11 is 0. The molecule has 0 radical (unpaired) electrons. The van der Waals surface area contributed by atoms with E-state index in [2.05, 4.69) is 88.4 Å². The molecule has 0 amide bonds. The van der Waals surface area contributed by atoms with Crippen molar-refractivity contribution >= 4 is 0 Å². The van der Waals surface area contributed by atoms with Gasteiger partial charge in [0.25, 0.3) is 0 Å². The van der Waals surface area contributed by atoms with Crippen molar-refractivity contribution in [3.8, 4) is 0 Å². The fourth-order valence-corrected chi connectivity index (χ4v) is 5.50. The van der Waals surface area contributed by atoms with Gasteiger partial charge < -0.3 is 0 Å². The summed E-state index contributed by atoms with van der Waals surface area (Å²) in [7, 11) is 0. The molecular formula is C22H26. The van der Waals surface area contributed by atoms with Gasteiger partial charge in [-0.2, -0.15) is 0 Å². The Bertz CT molecular complexity index is 628. The molecule has 2 aliphatic carbocycles. The molecule has 0 aromatic heterocycles. The first-order valence-electron chi connectivity index (χ1n) is 8.49. The van der Waals surface area contributed by atoms with E-state index >= 15 is 0 Å². The van der Waals surface area contributed by atoms with Crippen LogP contribution in [0.15, 0.2) is 60.7 Å². The van der Waals surface area contributed by atoms with Gasteiger partial charge in [-0.1, -0.05) is 88.4 Å². The standard InChI is InChI=1S/C22H26/c1-19(2)20(3,4)22(19)15-21(16-22,17-11-7-5-8-12-17)18-13-9-6-10-14-18/h5-14H,15-16H2,1-4H3. The molecule has 0 aliphatic heterocycles. The average molecular weight is 290 g/mol. The molecular weight excluding hydrogens is 264 g/mol. The summed E-state index contributed by atoms with van der Waals surface area (Å²) in [6.45, 7) is 9.86. The largest absolute Gasteiger partial charge is 0.0622 e. The molecule has 2 saturated carbocycles. The van der Waals surface area contributed by atoms with E-state index in [-0.39, 0.29) is 5.41 Å². The lowest BCUT2D eigenvalue weighted by Gasteiger charge is -2.52. The molecule has 0 heterocycles. The van der Waals surface area contributed by atoms with Crippen LogP contribution in [0.2, 0.25) is 0 Å². The van der Waals surface area contributed by atoms with Crippen molar-refractivity contribution in [3.05, 3.63) is 71.8 Å². The van der Waals surface area contributed by atoms with Crippen LogP contribution in [-0.4, -0.2) is 0 Å². The van der Waals surface area contributed by atoms with Crippen molar-refractivity contribution in [2.45, 2.75) is 46.0 Å². The first-order valence-corrected chi connectivity index (χ1v) is 8.49. The van der Waals surface area contributed by atoms with Crippen LogP contribution in [0.1, 0.15) is 51.7 Å². The highest BCUT2D eigenvalue weighted by Gasteiger charge is 2.83. The monoisotopic (exact) mass is 290 g/mol. The van der Waals surface area contributed by atoms with Crippen LogP contribution in [-0.2, 0) is 5.41 Å². The van der Waals surface area contributed by atoms with Gasteiger partial charge in [0.2, 0.25) is 0 Å². The van der Waals surface area contributed by atoms with Crippen molar-refractivity contribution in [2.75, 3.05) is 0 Å². The molecule has 2 aromatic carbocycles. The predicted octanol–water partition coefficient (Wildman–Crippen LogP) is 5.82. The summed E-state index contributed by atoms with van der Waals surface area (Å²) in [5.41, 5.74) is 4.61. The summed E-state index contributed by atoms with van der Waals surface area (Å²) in [6.07, 6.45) is 2.57. The van der Waals surface area contributed by atoms with E-state index in [4.69, 9.17) is 0 Å². The van der Waals surface area contributed by atoms with Gasteiger partial charge >= 0.3 is 0 Å². The molecule has 0 atom stereocenters. The normalized spacial score (nSPS) is 25.5. The van der Waals surface area contributed by atoms with Crippen molar-refractivity contribution in [1.29, 1.82) is 0 Å². The van der Waals surface area contributed by atoms with Crippen LogP contribution in [0.5, 0.6) is 0 Å². The van der Waals surface area contributed by atoms with Crippen molar-refractivity contribution in [1.82, 2.24) is 0 Å². The number of benzene rings is 2. The molecule has 4 rings (SSSR count). The Hall–Kier alpha value is -1.56. The van der Waals surface area contributed by atoms with Gasteiger partial charge in [-0.25, -0.2) is 0 Å². The maximum Gasteiger partial charge on any atom is 0.0214 e. The second-order valence-corrected chi connectivity index (χ2v) is 8.50. The maximum atomic E-state index is 2.47. The van der Waals surface area contributed by atoms with Crippen LogP contribution in [0.25, 0.3) is 0 Å². The van der Waals surface area contributed by atoms with Gasteiger partial charge in [0.1, 0.15) is 0 Å². The van der Waals surface area contributed by atoms with Gasteiger partial charge in [-0.15, -0.1) is 0 Å². The van der Waals surface area contributed by atoms with E-state index in [0.29, 0.717) is 16.2 Å². The Labute approximate surface area is 134 Å². The summed E-state index contributed by atoms with van der Waals surface area (Å²) in [6, 6.07) is 22.3. The van der Waals surface area contributed by atoms with Crippen molar-refractivity contribution < 1.29 is 0 Å². The van der Waals surface area contributed by atoms with Crippen LogP contribution in [0.4, 0.5) is 0 Å². The van der Waals surface area contributed by atoms with Gasteiger partial charge in [0.15, 0.2) is 0 Å². The second kappa shape index (κ2) is 4.04. The fraction of sp³-hybridized carbons (Fsp3) is 0.455. The minimum Gasteiger partial charge on any atom is -0.0622 e. The lowest BCUT2D eigenvalue weighted by Crippen LogP contribution is -2.46. The fourth-order valence-electron chi connectivity index (χ4n) is 5.50. The Balaban J connectivity index is 1.79. The van der Waals surface area contributed by atoms with E-state index in [0.717, 1.165) is 0 Å². The van der Waals surface area contributed by atoms with Gasteiger partial charge in [-0.05, 0) is 40.2 Å². The molecule has 114 valence electrons. The Morgan fingerprint density at radius 3 is 1.27 bits per heavy atom. The van der Waals surface area contributed by atoms with Gasteiger partial charge in [0.05, 0.1) is 0 Å². The van der Waals surface area contributed by atoms with Crippen LogP contribution in [0, 0.1) is 16.2 Å². The molecule has 2 aromatic rings. The molecule has 0 saturated heterocycles. The molecule has 2 fully saturated rings. The summed E-state index contributed by atoms with van der Waals surface area (Å²) < 4.78 is 0. The third kappa shape index (κ3) is 1.39. The zero-order valence-corrected chi connectivity index (χ0v) is 14.2. The minimum absolute atomic E-state index is 0.216. The predicted molar refractivity (Wildman–Crippen MR) is 92.9 cm³/mol. The minimum atomic E-state index is 0.216. The number of rotatable bonds is 2. The molecule has 0 heteroatoms. The highest BCUT2D eigenvalue weighted by molar-refractivity contribution is 5.48. The summed E-state index contributed by atoms with van der Waals surface area (Å²) in [5, 5.41) is 0. The number of hydrogen-bond donors (Lipinski definition) is 0. The first-order chi connectivity index (χ1) is 10.4. The maximum absolute atomic E-state index is 2.47. The SMILES string of the molecule is CC1(C)C(C)(C)C12CC(c1ccccc1)(c1ccccc1)C2. The lowest BCUT2D eigenvalue weighted by atomic mass is 9.50. The van der Waals surface area contributed by atoms with Crippen LogP contribution in [0.3, 0.4) is 0 Å². The average Bonchev–Trinajstić information content (AvgIpc) is 2.84. The molecule has 0 bridgehead atoms. The van der Waals surface area contributed by atoms with Crippen LogP contribution >= 0.6 is 0 Å². The summed E-state index contributed by atoms with van der Waals surface area (Å²) in [4.78, 5) is 0. The zero-order chi connectivity index (χ0) is 15.6. The highest BCUT2D eigenvalue weighted by Crippen LogP contribution is 2.89. The highest BCUT2D eigenvalue weighted by atomic mass is 14.9. The quantitative estimate of drug-likeness (QED) is 0.654.